The van der Waals surface area contributed by atoms with Gasteiger partial charge >= 0.3 is 29.6 Å². The molecule has 0 fully saturated rings. The third-order valence-corrected chi connectivity index (χ3v) is 3.73. The van der Waals surface area contributed by atoms with Crippen LogP contribution in [0.5, 0.6) is 0 Å². The zero-order valence-corrected chi connectivity index (χ0v) is 17.0. The molecule has 0 spiro atoms. The summed E-state index contributed by atoms with van der Waals surface area (Å²) in [5, 5.41) is 20.9. The summed E-state index contributed by atoms with van der Waals surface area (Å²) in [6.45, 7) is 2.19. The van der Waals surface area contributed by atoms with Crippen LogP contribution in [0.15, 0.2) is 23.1 Å². The van der Waals surface area contributed by atoms with E-state index in [0.29, 0.717) is 18.2 Å². The van der Waals surface area contributed by atoms with E-state index in [4.69, 9.17) is 0 Å². The first-order valence-electron chi connectivity index (χ1n) is 7.25. The molecule has 25 heavy (non-hydrogen) atoms. The van der Waals surface area contributed by atoms with Gasteiger partial charge in [0.2, 0.25) is 0 Å². The van der Waals surface area contributed by atoms with Crippen molar-refractivity contribution in [2.24, 2.45) is 0 Å². The van der Waals surface area contributed by atoms with Gasteiger partial charge in [0.05, 0.1) is 29.9 Å². The molecule has 0 aliphatic heterocycles. The molecular weight excluding hydrogens is 363 g/mol. The van der Waals surface area contributed by atoms with E-state index >= 15 is 0 Å². The predicted molar refractivity (Wildman–Crippen MR) is 77.0 cm³/mol. The molecule has 136 valence electrons. The number of carboxylic acid groups (broad SMARTS) is 2. The number of carboxylic acids is 2. The number of carbonyl (C=O) groups excluding carboxylic acids is 2. The van der Waals surface area contributed by atoms with Gasteiger partial charge in [0.15, 0.2) is 0 Å². The Labute approximate surface area is 168 Å². The number of carbonyl (C=O) groups is 2. The molecule has 0 heterocycles. The van der Waals surface area contributed by atoms with Gasteiger partial charge in [-0.05, 0) is 55.0 Å². The minimum Gasteiger partial charge on any atom is -0.744 e. The SMILES string of the molecule is O=C([O-])c1cc(C(=O)[O-])cc(S(=O)(=O)[O-])c1.[NH3+]CCCCCC[NH3+].[Na+]. The molecule has 9 nitrogen and oxygen atoms in total. The largest absolute Gasteiger partial charge is 1.00 e. The molecule has 0 aliphatic rings. The summed E-state index contributed by atoms with van der Waals surface area (Å²) in [6, 6.07) is 1.67. The summed E-state index contributed by atoms with van der Waals surface area (Å²) in [4.78, 5) is 19.9. The van der Waals surface area contributed by atoms with E-state index in [2.05, 4.69) is 11.5 Å². The van der Waals surface area contributed by atoms with Crippen molar-refractivity contribution in [1.82, 2.24) is 0 Å². The van der Waals surface area contributed by atoms with Crippen molar-refractivity contribution in [3.05, 3.63) is 29.3 Å². The molecule has 0 aromatic heterocycles. The van der Waals surface area contributed by atoms with E-state index in [9.17, 15) is 32.8 Å². The molecule has 0 atom stereocenters. The van der Waals surface area contributed by atoms with Gasteiger partial charge in [0, 0.05) is 0 Å². The Hall–Kier alpha value is -1.01. The predicted octanol–water partition coefficient (Wildman–Crippen LogP) is -6.65. The summed E-state index contributed by atoms with van der Waals surface area (Å²) < 4.78 is 31.8. The first kappa shape index (κ1) is 26.2. The molecule has 6 N–H and O–H groups in total. The van der Waals surface area contributed by atoms with Gasteiger partial charge in [-0.15, -0.1) is 0 Å². The van der Waals surface area contributed by atoms with Crippen LogP contribution in [0.1, 0.15) is 46.4 Å². The molecule has 1 rings (SSSR count). The Morgan fingerprint density at radius 3 is 1.44 bits per heavy atom. The average Bonchev–Trinajstić information content (AvgIpc) is 2.51. The van der Waals surface area contributed by atoms with E-state index < -0.39 is 38.1 Å². The van der Waals surface area contributed by atoms with Crippen molar-refractivity contribution in [3.63, 3.8) is 0 Å². The Balaban J connectivity index is 0. The Morgan fingerprint density at radius 1 is 0.840 bits per heavy atom. The first-order chi connectivity index (χ1) is 11.1. The van der Waals surface area contributed by atoms with Gasteiger partial charge in [0.1, 0.15) is 10.1 Å². The molecule has 11 heteroatoms. The third kappa shape index (κ3) is 11.3. The van der Waals surface area contributed by atoms with Crippen molar-refractivity contribution in [2.45, 2.75) is 30.6 Å². The summed E-state index contributed by atoms with van der Waals surface area (Å²) >= 11 is 0. The molecule has 0 amide bonds. The minimum absolute atomic E-state index is 0. The van der Waals surface area contributed by atoms with Crippen LogP contribution in [0.3, 0.4) is 0 Å². The van der Waals surface area contributed by atoms with Gasteiger partial charge < -0.3 is 35.8 Å². The zero-order valence-electron chi connectivity index (χ0n) is 14.2. The van der Waals surface area contributed by atoms with Crippen LogP contribution >= 0.6 is 0 Å². The maximum atomic E-state index is 10.6. The fourth-order valence-corrected chi connectivity index (χ4v) is 2.23. The van der Waals surface area contributed by atoms with Crippen LogP contribution in [0, 0.1) is 0 Å². The van der Waals surface area contributed by atoms with Gasteiger partial charge in [-0.3, -0.25) is 0 Å². The van der Waals surface area contributed by atoms with Crippen LogP contribution in [0.25, 0.3) is 0 Å². The molecular formula is C14H21N2NaO7S. The number of quaternary nitrogens is 2. The standard InChI is InChI=1S/C8H6O7S.C6H16N2.Na/c9-7(10)4-1-5(8(11)12)3-6(2-4)16(13,14)15;7-5-3-1-2-4-6-8;/h1-3H,(H,9,10)(H,11,12)(H,13,14,15);1-8H2;/q;;+1/p-1. The molecule has 1 aromatic rings. The van der Waals surface area contributed by atoms with Crippen LogP contribution in [0.2, 0.25) is 0 Å². The van der Waals surface area contributed by atoms with Crippen molar-refractivity contribution in [1.29, 1.82) is 0 Å². The first-order valence-corrected chi connectivity index (χ1v) is 8.66. The quantitative estimate of drug-likeness (QED) is 0.252. The third-order valence-electron chi connectivity index (χ3n) is 2.92. The number of hydrogen-bond acceptors (Lipinski definition) is 7. The van der Waals surface area contributed by atoms with Crippen molar-refractivity contribution in [2.75, 3.05) is 13.1 Å². The van der Waals surface area contributed by atoms with Crippen molar-refractivity contribution < 1.29 is 73.8 Å². The van der Waals surface area contributed by atoms with Crippen molar-refractivity contribution in [3.8, 4) is 0 Å². The fourth-order valence-electron chi connectivity index (χ4n) is 1.69. The maximum absolute atomic E-state index is 10.6. The van der Waals surface area contributed by atoms with Crippen LogP contribution in [-0.4, -0.2) is 38.0 Å². The monoisotopic (exact) mass is 384 g/mol. The van der Waals surface area contributed by atoms with Gasteiger partial charge in [-0.2, -0.15) is 0 Å². The second-order valence-corrected chi connectivity index (χ2v) is 6.28. The summed E-state index contributed by atoms with van der Waals surface area (Å²) in [6.07, 6.45) is 5.28. The Bertz CT molecular complexity index is 627. The minimum atomic E-state index is -4.95. The molecule has 0 radical (unpaired) electrons. The number of unbranched alkanes of at least 4 members (excludes halogenated alkanes) is 3. The normalized spacial score (nSPS) is 10.2. The smallest absolute Gasteiger partial charge is 0.744 e. The van der Waals surface area contributed by atoms with Crippen LogP contribution < -0.4 is 51.2 Å². The van der Waals surface area contributed by atoms with Gasteiger partial charge in [-0.25, -0.2) is 8.42 Å². The number of benzene rings is 1. The number of hydrogen-bond donors (Lipinski definition) is 2. The average molecular weight is 384 g/mol. The molecule has 1 aromatic carbocycles. The second-order valence-electron chi connectivity index (χ2n) is 4.90. The van der Waals surface area contributed by atoms with Crippen LogP contribution in [-0.2, 0) is 10.1 Å². The van der Waals surface area contributed by atoms with Crippen molar-refractivity contribution >= 4 is 22.1 Å². The Kier molecular flexibility index (Phi) is 13.9. The zero-order chi connectivity index (χ0) is 18.8. The summed E-state index contributed by atoms with van der Waals surface area (Å²) in [5.74, 6) is -3.60. The molecule has 0 saturated heterocycles. The number of rotatable bonds is 8. The van der Waals surface area contributed by atoms with E-state index in [0.717, 1.165) is 13.1 Å². The van der Waals surface area contributed by atoms with E-state index in [1.165, 1.54) is 25.7 Å². The maximum Gasteiger partial charge on any atom is 1.00 e. The molecule has 0 unspecified atom stereocenters. The molecule has 0 aliphatic carbocycles. The topological polar surface area (TPSA) is 193 Å². The Morgan fingerprint density at radius 2 is 1.20 bits per heavy atom. The van der Waals surface area contributed by atoms with E-state index in [1.807, 2.05) is 0 Å². The fraction of sp³-hybridized carbons (Fsp3) is 0.429. The molecule has 0 saturated carbocycles. The summed E-state index contributed by atoms with van der Waals surface area (Å²) in [5.41, 5.74) is 6.08. The van der Waals surface area contributed by atoms with E-state index in [1.54, 1.807) is 0 Å². The molecule has 0 bridgehead atoms. The van der Waals surface area contributed by atoms with E-state index in [-0.39, 0.29) is 29.6 Å². The van der Waals surface area contributed by atoms with Crippen LogP contribution in [0.4, 0.5) is 0 Å². The van der Waals surface area contributed by atoms with Gasteiger partial charge in [-0.1, -0.05) is 0 Å². The second kappa shape index (κ2) is 13.2. The number of aromatic carboxylic acids is 2. The summed E-state index contributed by atoms with van der Waals surface area (Å²) in [7, 11) is -4.95. The van der Waals surface area contributed by atoms with Gasteiger partial charge in [0.25, 0.3) is 0 Å².